The summed E-state index contributed by atoms with van der Waals surface area (Å²) in [5, 5.41) is 7.69. The molecule has 0 spiro atoms. The van der Waals surface area contributed by atoms with Gasteiger partial charge in [-0.15, -0.1) is 0 Å². The molecule has 3 unspecified atom stereocenters. The average molecular weight is 536 g/mol. The highest BCUT2D eigenvalue weighted by Crippen LogP contribution is 2.43. The molecule has 1 saturated heterocycles. The zero-order valence-corrected chi connectivity index (χ0v) is 23.2. The van der Waals surface area contributed by atoms with E-state index in [0.29, 0.717) is 18.8 Å². The van der Waals surface area contributed by atoms with Gasteiger partial charge in [-0.25, -0.2) is 4.39 Å². The molecule has 1 aromatic heterocycles. The molecule has 6 rings (SSSR count). The van der Waals surface area contributed by atoms with Crippen molar-refractivity contribution in [2.24, 2.45) is 5.92 Å². The van der Waals surface area contributed by atoms with Gasteiger partial charge in [0.2, 0.25) is 5.91 Å². The number of rotatable bonds is 6. The van der Waals surface area contributed by atoms with Gasteiger partial charge in [-0.05, 0) is 113 Å². The van der Waals surface area contributed by atoms with Crippen molar-refractivity contribution in [2.75, 3.05) is 0 Å². The first-order valence-corrected chi connectivity index (χ1v) is 14.8. The molecule has 2 aliphatic rings. The SMILES string of the molecule is C=C1CC(c2ccsc2)(c2cccc(CC3CCCc4ccc(F)cc43)c2)NC(=O)C1Cc1ccccc1C. The van der Waals surface area contributed by atoms with Crippen LogP contribution in [0.3, 0.4) is 0 Å². The summed E-state index contributed by atoms with van der Waals surface area (Å²) in [6, 6.07) is 24.3. The third-order valence-electron chi connectivity index (χ3n) is 8.79. The van der Waals surface area contributed by atoms with Crippen molar-refractivity contribution in [1.29, 1.82) is 0 Å². The van der Waals surface area contributed by atoms with Crippen LogP contribution in [0.2, 0.25) is 0 Å². The molecule has 1 aliphatic heterocycles. The highest BCUT2D eigenvalue weighted by atomic mass is 32.1. The van der Waals surface area contributed by atoms with E-state index in [1.54, 1.807) is 23.5 Å². The molecule has 1 N–H and O–H groups in total. The second kappa shape index (κ2) is 10.6. The van der Waals surface area contributed by atoms with Crippen LogP contribution in [-0.2, 0) is 29.6 Å². The van der Waals surface area contributed by atoms with Crippen LogP contribution in [0.4, 0.5) is 4.39 Å². The van der Waals surface area contributed by atoms with E-state index in [1.807, 2.05) is 18.2 Å². The Morgan fingerprint density at radius 1 is 1.03 bits per heavy atom. The van der Waals surface area contributed by atoms with Crippen molar-refractivity contribution >= 4 is 17.2 Å². The van der Waals surface area contributed by atoms with Crippen LogP contribution in [-0.4, -0.2) is 5.91 Å². The molecule has 4 aromatic rings. The van der Waals surface area contributed by atoms with E-state index in [4.69, 9.17) is 0 Å². The Bertz CT molecular complexity index is 1500. The number of thiophene rings is 1. The second-order valence-corrected chi connectivity index (χ2v) is 12.0. The van der Waals surface area contributed by atoms with Gasteiger partial charge in [0.25, 0.3) is 0 Å². The van der Waals surface area contributed by atoms with E-state index in [1.165, 1.54) is 22.3 Å². The van der Waals surface area contributed by atoms with Gasteiger partial charge >= 0.3 is 0 Å². The van der Waals surface area contributed by atoms with Crippen molar-refractivity contribution < 1.29 is 9.18 Å². The Kier molecular flexibility index (Phi) is 6.99. The minimum absolute atomic E-state index is 0.0304. The molecule has 3 atom stereocenters. The molecule has 2 nitrogen and oxygen atoms in total. The number of piperidine rings is 1. The topological polar surface area (TPSA) is 29.1 Å². The molecule has 1 fully saturated rings. The zero-order valence-electron chi connectivity index (χ0n) is 22.4. The van der Waals surface area contributed by atoms with Crippen LogP contribution in [0.15, 0.2) is 95.7 Å². The van der Waals surface area contributed by atoms with Gasteiger partial charge in [-0.1, -0.05) is 66.7 Å². The lowest BCUT2D eigenvalue weighted by molar-refractivity contribution is -0.127. The van der Waals surface area contributed by atoms with Crippen molar-refractivity contribution in [3.8, 4) is 0 Å². The lowest BCUT2D eigenvalue weighted by Gasteiger charge is -2.43. The summed E-state index contributed by atoms with van der Waals surface area (Å²) in [4.78, 5) is 13.8. The summed E-state index contributed by atoms with van der Waals surface area (Å²) in [6.07, 6.45) is 5.38. The summed E-state index contributed by atoms with van der Waals surface area (Å²) in [5.41, 5.74) is 8.52. The maximum absolute atomic E-state index is 14.1. The number of hydrogen-bond donors (Lipinski definition) is 1. The fourth-order valence-corrected chi connectivity index (χ4v) is 7.37. The summed E-state index contributed by atoms with van der Waals surface area (Å²) >= 11 is 1.64. The number of aryl methyl sites for hydroxylation is 2. The second-order valence-electron chi connectivity index (χ2n) is 11.3. The predicted molar refractivity (Wildman–Crippen MR) is 158 cm³/mol. The van der Waals surface area contributed by atoms with Crippen LogP contribution in [0.5, 0.6) is 0 Å². The van der Waals surface area contributed by atoms with Gasteiger partial charge < -0.3 is 5.32 Å². The molecule has 39 heavy (non-hydrogen) atoms. The maximum atomic E-state index is 14.1. The molecule has 2 heterocycles. The van der Waals surface area contributed by atoms with Crippen molar-refractivity contribution in [3.63, 3.8) is 0 Å². The number of carbonyl (C=O) groups excluding carboxylic acids is 1. The Labute approximate surface area is 234 Å². The quantitative estimate of drug-likeness (QED) is 0.249. The lowest BCUT2D eigenvalue weighted by Crippen LogP contribution is -2.54. The third kappa shape index (κ3) is 4.98. The van der Waals surface area contributed by atoms with Crippen molar-refractivity contribution in [1.82, 2.24) is 5.32 Å². The highest BCUT2D eigenvalue weighted by Gasteiger charge is 2.44. The molecule has 4 heteroatoms. The van der Waals surface area contributed by atoms with Crippen LogP contribution in [0.1, 0.15) is 64.1 Å². The fourth-order valence-electron chi connectivity index (χ4n) is 6.64. The molecular formula is C35H34FNOS. The third-order valence-corrected chi connectivity index (χ3v) is 9.47. The minimum atomic E-state index is -0.650. The Morgan fingerprint density at radius 3 is 2.69 bits per heavy atom. The number of hydrogen-bond acceptors (Lipinski definition) is 2. The molecule has 1 amide bonds. The number of amides is 1. The molecule has 3 aromatic carbocycles. The molecule has 198 valence electrons. The summed E-state index contributed by atoms with van der Waals surface area (Å²) in [7, 11) is 0. The lowest BCUT2D eigenvalue weighted by atomic mass is 9.71. The fraction of sp³-hybridized carbons (Fsp3) is 0.286. The van der Waals surface area contributed by atoms with Crippen molar-refractivity contribution in [3.05, 3.63) is 140 Å². The number of carbonyl (C=O) groups is 1. The van der Waals surface area contributed by atoms with E-state index in [0.717, 1.165) is 47.9 Å². The number of nitrogens with one attached hydrogen (secondary N) is 1. The van der Waals surface area contributed by atoms with Gasteiger partial charge in [-0.3, -0.25) is 4.79 Å². The molecule has 0 bridgehead atoms. The van der Waals surface area contributed by atoms with E-state index < -0.39 is 5.54 Å². The van der Waals surface area contributed by atoms with Crippen LogP contribution in [0.25, 0.3) is 0 Å². The first kappa shape index (κ1) is 25.8. The van der Waals surface area contributed by atoms with Gasteiger partial charge in [0, 0.05) is 6.42 Å². The smallest absolute Gasteiger partial charge is 0.228 e. The van der Waals surface area contributed by atoms with Crippen LogP contribution >= 0.6 is 11.3 Å². The normalized spacial score (nSPS) is 22.8. The first-order chi connectivity index (χ1) is 18.9. The molecular weight excluding hydrogens is 501 g/mol. The standard InChI is InChI=1S/C35H34FNOS/c1-23-7-3-4-9-27(23)19-32-24(2)21-35(37-34(32)38,30-15-16-39-22-30)29-12-5-8-25(18-29)17-28-11-6-10-26-13-14-31(36)20-33(26)28/h3-5,7-9,12-16,18,20,22,28,32H,2,6,10-11,17,19,21H2,1H3,(H,37,38). The van der Waals surface area contributed by atoms with Gasteiger partial charge in [0.05, 0.1) is 11.5 Å². The maximum Gasteiger partial charge on any atom is 0.228 e. The summed E-state index contributed by atoms with van der Waals surface area (Å²) < 4.78 is 14.1. The molecule has 0 radical (unpaired) electrons. The Hall–Kier alpha value is -3.50. The van der Waals surface area contributed by atoms with Crippen LogP contribution in [0, 0.1) is 18.7 Å². The number of benzene rings is 3. The average Bonchev–Trinajstić information content (AvgIpc) is 3.48. The van der Waals surface area contributed by atoms with Crippen LogP contribution < -0.4 is 5.32 Å². The largest absolute Gasteiger partial charge is 0.342 e. The minimum Gasteiger partial charge on any atom is -0.342 e. The summed E-state index contributed by atoms with van der Waals surface area (Å²) in [6.45, 7) is 6.56. The van der Waals surface area contributed by atoms with Gasteiger partial charge in [0.15, 0.2) is 0 Å². The first-order valence-electron chi connectivity index (χ1n) is 13.9. The monoisotopic (exact) mass is 535 g/mol. The van der Waals surface area contributed by atoms with Gasteiger partial charge in [0.1, 0.15) is 5.82 Å². The Morgan fingerprint density at radius 2 is 1.90 bits per heavy atom. The summed E-state index contributed by atoms with van der Waals surface area (Å²) in [5.74, 6) is -0.0850. The number of fused-ring (bicyclic) bond motifs is 1. The predicted octanol–water partition coefficient (Wildman–Crippen LogP) is 8.04. The van der Waals surface area contributed by atoms with Crippen molar-refractivity contribution in [2.45, 2.75) is 56.9 Å². The van der Waals surface area contributed by atoms with E-state index in [2.05, 4.69) is 72.0 Å². The highest BCUT2D eigenvalue weighted by molar-refractivity contribution is 7.08. The Balaban J connectivity index is 1.32. The zero-order chi connectivity index (χ0) is 27.0. The van der Waals surface area contributed by atoms with E-state index in [-0.39, 0.29) is 17.6 Å². The molecule has 1 aliphatic carbocycles. The van der Waals surface area contributed by atoms with E-state index >= 15 is 0 Å². The number of halogens is 1. The van der Waals surface area contributed by atoms with E-state index in [9.17, 15) is 9.18 Å². The molecule has 0 saturated carbocycles. The van der Waals surface area contributed by atoms with Gasteiger partial charge in [-0.2, -0.15) is 11.3 Å².